The van der Waals surface area contributed by atoms with Crippen LogP contribution in [0.25, 0.3) is 5.69 Å². The lowest BCUT2D eigenvalue weighted by Gasteiger charge is -2.06. The highest BCUT2D eigenvalue weighted by Crippen LogP contribution is 2.21. The van der Waals surface area contributed by atoms with Gasteiger partial charge in [-0.2, -0.15) is 5.10 Å². The van der Waals surface area contributed by atoms with Crippen molar-refractivity contribution in [1.29, 1.82) is 0 Å². The van der Waals surface area contributed by atoms with Gasteiger partial charge in [0.25, 0.3) is 0 Å². The molecule has 1 aromatic heterocycles. The fraction of sp³-hybridized carbons (Fsp3) is 0.158. The van der Waals surface area contributed by atoms with Crippen molar-refractivity contribution in [2.75, 3.05) is 12.3 Å². The first kappa shape index (κ1) is 16.9. The molecule has 3 aromatic rings. The zero-order valence-electron chi connectivity index (χ0n) is 13.5. The molecule has 0 unspecified atom stereocenters. The van der Waals surface area contributed by atoms with Crippen molar-refractivity contribution in [3.05, 3.63) is 77.2 Å². The molecule has 25 heavy (non-hydrogen) atoms. The summed E-state index contributed by atoms with van der Waals surface area (Å²) >= 11 is 0. The van der Waals surface area contributed by atoms with Crippen molar-refractivity contribution in [3.8, 4) is 5.69 Å². The molecule has 6 heteroatoms. The minimum Gasteiger partial charge on any atom is -0.396 e. The fourth-order valence-corrected chi connectivity index (χ4v) is 2.63. The first-order valence-corrected chi connectivity index (χ1v) is 7.94. The van der Waals surface area contributed by atoms with Crippen LogP contribution in [0.2, 0.25) is 0 Å². The smallest absolute Gasteiger partial charge is 0.198 e. The zero-order valence-corrected chi connectivity index (χ0v) is 13.5. The van der Waals surface area contributed by atoms with E-state index in [-0.39, 0.29) is 24.0 Å². The van der Waals surface area contributed by atoms with Gasteiger partial charge in [0.05, 0.1) is 17.4 Å². The summed E-state index contributed by atoms with van der Waals surface area (Å²) in [6, 6.07) is 12.9. The molecular formula is C19H18FN3O2. The van der Waals surface area contributed by atoms with Crippen LogP contribution in [-0.4, -0.2) is 27.3 Å². The number of rotatable bonds is 6. The van der Waals surface area contributed by atoms with E-state index in [4.69, 9.17) is 10.8 Å². The van der Waals surface area contributed by atoms with E-state index in [1.807, 2.05) is 6.07 Å². The van der Waals surface area contributed by atoms with Crippen LogP contribution in [0.4, 0.5) is 10.2 Å². The Kier molecular flexibility index (Phi) is 4.90. The van der Waals surface area contributed by atoms with Gasteiger partial charge in [0, 0.05) is 12.2 Å². The van der Waals surface area contributed by atoms with Crippen molar-refractivity contribution in [3.63, 3.8) is 0 Å². The molecule has 0 aliphatic heterocycles. The van der Waals surface area contributed by atoms with Gasteiger partial charge in [0.2, 0.25) is 0 Å². The highest BCUT2D eigenvalue weighted by molar-refractivity contribution is 6.11. The summed E-state index contributed by atoms with van der Waals surface area (Å²) in [5.74, 6) is -0.375. The third-order valence-corrected chi connectivity index (χ3v) is 3.94. The number of anilines is 1. The molecule has 0 amide bonds. The lowest BCUT2D eigenvalue weighted by molar-refractivity contribution is 0.103. The van der Waals surface area contributed by atoms with Crippen molar-refractivity contribution < 1.29 is 14.3 Å². The maximum Gasteiger partial charge on any atom is 0.198 e. The Labute approximate surface area is 144 Å². The highest BCUT2D eigenvalue weighted by Gasteiger charge is 2.18. The minimum absolute atomic E-state index is 0.107. The second-order valence-corrected chi connectivity index (χ2v) is 5.69. The van der Waals surface area contributed by atoms with Crippen LogP contribution in [-0.2, 0) is 6.42 Å². The molecule has 0 aliphatic rings. The number of nitrogens with two attached hydrogens (primary N) is 1. The SMILES string of the molecule is Nc1c(C(=O)c2cccc(CCCO)c2)cnn1-c1ccc(F)cc1. The van der Waals surface area contributed by atoms with E-state index in [0.29, 0.717) is 29.7 Å². The number of aryl methyl sites for hydroxylation is 1. The third kappa shape index (κ3) is 3.59. The van der Waals surface area contributed by atoms with Crippen LogP contribution in [0, 0.1) is 5.82 Å². The Bertz CT molecular complexity index is 888. The van der Waals surface area contributed by atoms with E-state index in [1.54, 1.807) is 30.3 Å². The summed E-state index contributed by atoms with van der Waals surface area (Å²) in [4.78, 5) is 12.7. The minimum atomic E-state index is -0.356. The van der Waals surface area contributed by atoms with Gasteiger partial charge in [-0.1, -0.05) is 18.2 Å². The number of aliphatic hydroxyl groups is 1. The van der Waals surface area contributed by atoms with Crippen LogP contribution in [0.15, 0.2) is 54.7 Å². The van der Waals surface area contributed by atoms with Crippen LogP contribution >= 0.6 is 0 Å². The molecule has 3 rings (SSSR count). The van der Waals surface area contributed by atoms with E-state index in [0.717, 1.165) is 5.56 Å². The first-order valence-electron chi connectivity index (χ1n) is 7.94. The standard InChI is InChI=1S/C19H18FN3O2/c20-15-6-8-16(9-7-15)23-19(21)17(12-22-23)18(25)14-5-1-3-13(11-14)4-2-10-24/h1,3,5-9,11-12,24H,2,4,10,21H2. The number of ketones is 1. The molecule has 0 atom stereocenters. The number of halogens is 1. The number of aliphatic hydroxyl groups excluding tert-OH is 1. The van der Waals surface area contributed by atoms with Gasteiger partial charge >= 0.3 is 0 Å². The number of benzene rings is 2. The van der Waals surface area contributed by atoms with Gasteiger partial charge < -0.3 is 10.8 Å². The van der Waals surface area contributed by atoms with Gasteiger partial charge in [-0.05, 0) is 48.7 Å². The summed E-state index contributed by atoms with van der Waals surface area (Å²) in [6.07, 6.45) is 2.76. The second kappa shape index (κ2) is 7.27. The average Bonchev–Trinajstić information content (AvgIpc) is 3.01. The van der Waals surface area contributed by atoms with Crippen LogP contribution in [0.5, 0.6) is 0 Å². The Balaban J connectivity index is 1.89. The predicted molar refractivity (Wildman–Crippen MR) is 93.2 cm³/mol. The van der Waals surface area contributed by atoms with Crippen LogP contribution in [0.1, 0.15) is 27.9 Å². The van der Waals surface area contributed by atoms with Gasteiger partial charge in [0.1, 0.15) is 11.6 Å². The Morgan fingerprint density at radius 1 is 1.20 bits per heavy atom. The molecule has 0 radical (unpaired) electrons. The Morgan fingerprint density at radius 2 is 1.96 bits per heavy atom. The highest BCUT2D eigenvalue weighted by atomic mass is 19.1. The topological polar surface area (TPSA) is 81.1 Å². The van der Waals surface area contributed by atoms with Crippen molar-refractivity contribution >= 4 is 11.6 Å². The monoisotopic (exact) mass is 339 g/mol. The molecule has 0 spiro atoms. The van der Waals surface area contributed by atoms with E-state index in [1.165, 1.54) is 23.0 Å². The summed E-state index contributed by atoms with van der Waals surface area (Å²) < 4.78 is 14.5. The van der Waals surface area contributed by atoms with Crippen molar-refractivity contribution in [1.82, 2.24) is 9.78 Å². The van der Waals surface area contributed by atoms with Gasteiger partial charge in [-0.3, -0.25) is 4.79 Å². The summed E-state index contributed by atoms with van der Waals surface area (Å²) in [6.45, 7) is 0.107. The number of carbonyl (C=O) groups is 1. The van der Waals surface area contributed by atoms with E-state index < -0.39 is 0 Å². The average molecular weight is 339 g/mol. The third-order valence-electron chi connectivity index (χ3n) is 3.94. The van der Waals surface area contributed by atoms with Crippen molar-refractivity contribution in [2.45, 2.75) is 12.8 Å². The number of hydrogen-bond donors (Lipinski definition) is 2. The number of nitrogen functional groups attached to an aromatic ring is 1. The molecule has 0 saturated carbocycles. The largest absolute Gasteiger partial charge is 0.396 e. The quantitative estimate of drug-likeness (QED) is 0.677. The Hall–Kier alpha value is -2.99. The maximum atomic E-state index is 13.1. The lowest BCUT2D eigenvalue weighted by atomic mass is 10.0. The van der Waals surface area contributed by atoms with Gasteiger partial charge in [0.15, 0.2) is 5.78 Å². The van der Waals surface area contributed by atoms with Gasteiger partial charge in [-0.15, -0.1) is 0 Å². The zero-order chi connectivity index (χ0) is 17.8. The van der Waals surface area contributed by atoms with Crippen LogP contribution in [0.3, 0.4) is 0 Å². The predicted octanol–water partition coefficient (Wildman–Crippen LogP) is 2.75. The van der Waals surface area contributed by atoms with E-state index in [9.17, 15) is 9.18 Å². The normalized spacial score (nSPS) is 10.8. The molecule has 0 aliphatic carbocycles. The van der Waals surface area contributed by atoms with E-state index in [2.05, 4.69) is 5.10 Å². The molecule has 1 heterocycles. The molecule has 2 aromatic carbocycles. The molecular weight excluding hydrogens is 321 g/mol. The van der Waals surface area contributed by atoms with E-state index >= 15 is 0 Å². The molecule has 0 fully saturated rings. The Morgan fingerprint density at radius 3 is 2.68 bits per heavy atom. The number of aromatic nitrogens is 2. The molecule has 0 bridgehead atoms. The number of nitrogens with zero attached hydrogens (tertiary/aromatic N) is 2. The summed E-state index contributed by atoms with van der Waals surface area (Å²) in [5, 5.41) is 13.1. The van der Waals surface area contributed by atoms with Gasteiger partial charge in [-0.25, -0.2) is 9.07 Å². The van der Waals surface area contributed by atoms with Crippen LogP contribution < -0.4 is 5.73 Å². The fourth-order valence-electron chi connectivity index (χ4n) is 2.63. The number of hydrogen-bond acceptors (Lipinski definition) is 4. The maximum absolute atomic E-state index is 13.1. The first-order chi connectivity index (χ1) is 12.1. The van der Waals surface area contributed by atoms with Crippen molar-refractivity contribution in [2.24, 2.45) is 0 Å². The molecule has 3 N–H and O–H groups in total. The summed E-state index contributed by atoms with van der Waals surface area (Å²) in [7, 11) is 0. The second-order valence-electron chi connectivity index (χ2n) is 5.69. The molecule has 5 nitrogen and oxygen atoms in total. The molecule has 128 valence electrons. The molecule has 0 saturated heterocycles. The number of carbonyl (C=O) groups excluding carboxylic acids is 1. The summed E-state index contributed by atoms with van der Waals surface area (Å²) in [5.41, 5.74) is 8.45. The lowest BCUT2D eigenvalue weighted by Crippen LogP contribution is -2.07.